The number of rotatable bonds is 12. The molecule has 1 heterocycles. The molecule has 10 heteroatoms. The zero-order valence-electron chi connectivity index (χ0n) is 27.2. The summed E-state index contributed by atoms with van der Waals surface area (Å²) in [5.41, 5.74) is 2.25. The number of ether oxygens (including phenoxy) is 2. The summed E-state index contributed by atoms with van der Waals surface area (Å²) < 4.78 is 25.4. The van der Waals surface area contributed by atoms with Crippen LogP contribution in [0.15, 0.2) is 66.9 Å². The van der Waals surface area contributed by atoms with Crippen LogP contribution >= 0.6 is 0 Å². The maximum Gasteiger partial charge on any atom is 0.407 e. The molecule has 1 fully saturated rings. The van der Waals surface area contributed by atoms with E-state index < -0.39 is 47.7 Å². The molecule has 46 heavy (non-hydrogen) atoms. The Morgan fingerprint density at radius 3 is 2.30 bits per heavy atom. The van der Waals surface area contributed by atoms with Gasteiger partial charge in [0.1, 0.15) is 11.4 Å². The summed E-state index contributed by atoms with van der Waals surface area (Å²) in [6.07, 6.45) is 0.747. The number of alkyl carbamates (subject to hydrolysis) is 1. The van der Waals surface area contributed by atoms with Crippen LogP contribution in [0.2, 0.25) is 0 Å². The number of pyridine rings is 1. The van der Waals surface area contributed by atoms with E-state index in [-0.39, 0.29) is 31.1 Å². The SMILES string of the molecule is COc1ccc(-c2ccc(C[C@H](NC(=O)OC(C)(C)C)[C@@H](O)C[C@@H](Cc3ccccc3F)C(=O)N[C@H]3[C@H](C)CC[C@H]3O)cc2)cn1. The third kappa shape index (κ3) is 9.74. The monoisotopic (exact) mass is 635 g/mol. The third-order valence-corrected chi connectivity index (χ3v) is 8.43. The van der Waals surface area contributed by atoms with Crippen molar-refractivity contribution < 1.29 is 33.7 Å². The van der Waals surface area contributed by atoms with E-state index in [9.17, 15) is 24.2 Å². The Labute approximate surface area is 270 Å². The highest BCUT2D eigenvalue weighted by Gasteiger charge is 2.36. The number of hydrogen-bond acceptors (Lipinski definition) is 7. The Morgan fingerprint density at radius 2 is 1.72 bits per heavy atom. The molecule has 0 bridgehead atoms. The number of nitrogens with one attached hydrogen (secondary N) is 2. The quantitative estimate of drug-likeness (QED) is 0.215. The lowest BCUT2D eigenvalue weighted by Gasteiger charge is -2.30. The number of carbonyl (C=O) groups excluding carboxylic acids is 2. The molecule has 1 aromatic heterocycles. The second-order valence-electron chi connectivity index (χ2n) is 13.2. The first kappa shape index (κ1) is 34.8. The average molecular weight is 636 g/mol. The standard InChI is InChI=1S/C36H46FN3O6/c1-22-10-16-30(41)33(22)40-34(43)27(19-25-8-6-7-9-28(25)37)20-31(42)29(39-35(44)46-36(2,3)4)18-23-11-13-24(14-12-23)26-15-17-32(45-5)38-21-26/h6-9,11-15,17,21-22,27,29-31,33,41-42H,10,16,18-20H2,1-5H3,(H,39,44)(H,40,43)/t22-,27-,29+,30-,31+,33+/m1/s1. The first-order chi connectivity index (χ1) is 21.8. The van der Waals surface area contributed by atoms with Crippen molar-refractivity contribution in [1.29, 1.82) is 0 Å². The van der Waals surface area contributed by atoms with Crippen molar-refractivity contribution in [2.24, 2.45) is 11.8 Å². The summed E-state index contributed by atoms with van der Waals surface area (Å²) in [6, 6.07) is 16.3. The summed E-state index contributed by atoms with van der Waals surface area (Å²) >= 11 is 0. The van der Waals surface area contributed by atoms with E-state index in [1.165, 1.54) is 6.07 Å². The number of halogens is 1. The van der Waals surface area contributed by atoms with Crippen molar-refractivity contribution in [3.63, 3.8) is 0 Å². The zero-order chi connectivity index (χ0) is 33.4. The van der Waals surface area contributed by atoms with Crippen LogP contribution in [0.1, 0.15) is 58.1 Å². The Bertz CT molecular complexity index is 1430. The van der Waals surface area contributed by atoms with E-state index in [1.54, 1.807) is 58.3 Å². The smallest absolute Gasteiger partial charge is 0.407 e. The summed E-state index contributed by atoms with van der Waals surface area (Å²) in [5.74, 6) is -1.06. The van der Waals surface area contributed by atoms with Crippen LogP contribution in [-0.4, -0.2) is 64.2 Å². The molecule has 0 unspecified atom stereocenters. The van der Waals surface area contributed by atoms with Gasteiger partial charge in [-0.2, -0.15) is 0 Å². The zero-order valence-corrected chi connectivity index (χ0v) is 27.2. The van der Waals surface area contributed by atoms with Gasteiger partial charge in [-0.05, 0) is 87.6 Å². The molecule has 0 saturated heterocycles. The van der Waals surface area contributed by atoms with Gasteiger partial charge in [0.05, 0.1) is 31.4 Å². The van der Waals surface area contributed by atoms with Crippen LogP contribution in [0.4, 0.5) is 9.18 Å². The Morgan fingerprint density at radius 1 is 1.02 bits per heavy atom. The molecular weight excluding hydrogens is 589 g/mol. The lowest BCUT2D eigenvalue weighted by molar-refractivity contribution is -0.127. The summed E-state index contributed by atoms with van der Waals surface area (Å²) in [5, 5.41) is 27.9. The van der Waals surface area contributed by atoms with Crippen molar-refractivity contribution in [3.05, 3.63) is 83.8 Å². The molecule has 0 aliphatic heterocycles. The minimum atomic E-state index is -1.19. The molecule has 2 amide bonds. The fraction of sp³-hybridized carbons (Fsp3) is 0.472. The van der Waals surface area contributed by atoms with Crippen LogP contribution < -0.4 is 15.4 Å². The number of benzene rings is 2. The van der Waals surface area contributed by atoms with Crippen molar-refractivity contribution >= 4 is 12.0 Å². The van der Waals surface area contributed by atoms with Crippen LogP contribution in [0.3, 0.4) is 0 Å². The number of aliphatic hydroxyl groups is 2. The van der Waals surface area contributed by atoms with Gasteiger partial charge in [0.15, 0.2) is 0 Å². The second kappa shape index (κ2) is 15.5. The molecular formula is C36H46FN3O6. The molecule has 1 saturated carbocycles. The maximum absolute atomic E-state index is 14.7. The van der Waals surface area contributed by atoms with E-state index >= 15 is 0 Å². The molecule has 2 aromatic carbocycles. The molecule has 248 valence electrons. The number of carbonyl (C=O) groups is 2. The van der Waals surface area contributed by atoms with Crippen LogP contribution in [0.5, 0.6) is 5.88 Å². The molecule has 6 atom stereocenters. The molecule has 9 nitrogen and oxygen atoms in total. The summed E-state index contributed by atoms with van der Waals surface area (Å²) in [4.78, 5) is 30.8. The Kier molecular flexibility index (Phi) is 11.8. The van der Waals surface area contributed by atoms with Crippen molar-refractivity contribution in [3.8, 4) is 17.0 Å². The van der Waals surface area contributed by atoms with Gasteiger partial charge in [0.2, 0.25) is 11.8 Å². The first-order valence-corrected chi connectivity index (χ1v) is 15.8. The van der Waals surface area contributed by atoms with Gasteiger partial charge in [0.25, 0.3) is 0 Å². The average Bonchev–Trinajstić information content (AvgIpc) is 3.33. The van der Waals surface area contributed by atoms with E-state index in [4.69, 9.17) is 9.47 Å². The van der Waals surface area contributed by atoms with Gasteiger partial charge in [-0.15, -0.1) is 0 Å². The fourth-order valence-electron chi connectivity index (χ4n) is 5.86. The van der Waals surface area contributed by atoms with E-state index in [2.05, 4.69) is 15.6 Å². The second-order valence-corrected chi connectivity index (χ2v) is 13.2. The molecule has 0 spiro atoms. The number of methoxy groups -OCH3 is 1. The maximum atomic E-state index is 14.7. The number of aromatic nitrogens is 1. The van der Waals surface area contributed by atoms with Crippen LogP contribution in [-0.2, 0) is 22.4 Å². The van der Waals surface area contributed by atoms with Crippen LogP contribution in [0.25, 0.3) is 11.1 Å². The van der Waals surface area contributed by atoms with Crippen molar-refractivity contribution in [2.45, 2.75) is 89.7 Å². The normalized spacial score (nSPS) is 20.0. The fourth-order valence-corrected chi connectivity index (χ4v) is 5.86. The largest absolute Gasteiger partial charge is 0.481 e. The highest BCUT2D eigenvalue weighted by atomic mass is 19.1. The molecule has 4 rings (SSSR count). The number of nitrogens with zero attached hydrogens (tertiary/aromatic N) is 1. The predicted octanol–water partition coefficient (Wildman–Crippen LogP) is 5.22. The topological polar surface area (TPSA) is 130 Å². The minimum Gasteiger partial charge on any atom is -0.481 e. The molecule has 4 N–H and O–H groups in total. The van der Waals surface area contributed by atoms with Gasteiger partial charge < -0.3 is 30.3 Å². The van der Waals surface area contributed by atoms with Crippen molar-refractivity contribution in [2.75, 3.05) is 7.11 Å². The number of aliphatic hydroxyl groups excluding tert-OH is 2. The van der Waals surface area contributed by atoms with Gasteiger partial charge in [-0.25, -0.2) is 14.2 Å². The lowest BCUT2D eigenvalue weighted by Crippen LogP contribution is -2.50. The number of hydrogen-bond donors (Lipinski definition) is 4. The summed E-state index contributed by atoms with van der Waals surface area (Å²) in [6.45, 7) is 7.22. The summed E-state index contributed by atoms with van der Waals surface area (Å²) in [7, 11) is 1.56. The predicted molar refractivity (Wildman–Crippen MR) is 174 cm³/mol. The van der Waals surface area contributed by atoms with Crippen LogP contribution in [0, 0.1) is 17.7 Å². The molecule has 1 aliphatic rings. The van der Waals surface area contributed by atoms with E-state index in [1.807, 2.05) is 37.3 Å². The molecule has 0 radical (unpaired) electrons. The van der Waals surface area contributed by atoms with Crippen molar-refractivity contribution in [1.82, 2.24) is 15.6 Å². The van der Waals surface area contributed by atoms with E-state index in [0.717, 1.165) is 23.1 Å². The van der Waals surface area contributed by atoms with Gasteiger partial charge in [0, 0.05) is 23.7 Å². The highest BCUT2D eigenvalue weighted by Crippen LogP contribution is 2.28. The first-order valence-electron chi connectivity index (χ1n) is 15.8. The van der Waals surface area contributed by atoms with Gasteiger partial charge in [-0.3, -0.25) is 4.79 Å². The lowest BCUT2D eigenvalue weighted by atomic mass is 9.88. The number of amides is 2. The van der Waals surface area contributed by atoms with E-state index in [0.29, 0.717) is 17.9 Å². The Balaban J connectivity index is 1.56. The van der Waals surface area contributed by atoms with Gasteiger partial charge >= 0.3 is 6.09 Å². The van der Waals surface area contributed by atoms with Gasteiger partial charge in [-0.1, -0.05) is 49.4 Å². The minimum absolute atomic E-state index is 0.0382. The highest BCUT2D eigenvalue weighted by molar-refractivity contribution is 5.79. The molecule has 1 aliphatic carbocycles. The molecule has 3 aromatic rings. The third-order valence-electron chi connectivity index (χ3n) is 8.43. The Hall–Kier alpha value is -4.02.